The molecule has 1 N–H and O–H groups in total. The summed E-state index contributed by atoms with van der Waals surface area (Å²) in [5.41, 5.74) is 3.06. The number of carbonyl (C=O) groups excluding carboxylic acids is 1. The molecule has 1 saturated heterocycles. The van der Waals surface area contributed by atoms with Crippen molar-refractivity contribution in [3.8, 4) is 11.1 Å². The Bertz CT molecular complexity index is 643. The van der Waals surface area contributed by atoms with Crippen molar-refractivity contribution in [1.82, 2.24) is 4.90 Å². The summed E-state index contributed by atoms with van der Waals surface area (Å²) in [5, 5.41) is 7.11. The molecule has 1 aromatic carbocycles. The second-order valence-electron chi connectivity index (χ2n) is 5.42. The molecule has 122 valence electrons. The van der Waals surface area contributed by atoms with Crippen LogP contribution in [0.1, 0.15) is 0 Å². The number of hydrogen-bond acceptors (Lipinski definition) is 4. The van der Waals surface area contributed by atoms with Gasteiger partial charge in [-0.25, -0.2) is 4.79 Å². The molecule has 2 heterocycles. The minimum Gasteiger partial charge on any atom is -0.382 e. The Balaban J connectivity index is 1.65. The summed E-state index contributed by atoms with van der Waals surface area (Å²) >= 11 is 1.66. The van der Waals surface area contributed by atoms with E-state index in [0.29, 0.717) is 26.3 Å². The summed E-state index contributed by atoms with van der Waals surface area (Å²) in [6, 6.07) is 9.87. The molecule has 0 bridgehead atoms. The number of amides is 2. The van der Waals surface area contributed by atoms with Gasteiger partial charge in [0.05, 0.1) is 25.9 Å². The molecule has 5 nitrogen and oxygen atoms in total. The van der Waals surface area contributed by atoms with E-state index in [0.717, 1.165) is 16.8 Å². The molecule has 1 fully saturated rings. The van der Waals surface area contributed by atoms with Crippen molar-refractivity contribution in [2.75, 3.05) is 38.7 Å². The third kappa shape index (κ3) is 4.10. The Labute approximate surface area is 139 Å². The van der Waals surface area contributed by atoms with Crippen LogP contribution in [0.4, 0.5) is 10.5 Å². The molecule has 2 amide bonds. The van der Waals surface area contributed by atoms with E-state index in [1.807, 2.05) is 29.6 Å². The maximum Gasteiger partial charge on any atom is 0.322 e. The molecular formula is C17H20N2O3S. The van der Waals surface area contributed by atoms with Crippen molar-refractivity contribution in [2.45, 2.75) is 6.10 Å². The highest BCUT2D eigenvalue weighted by molar-refractivity contribution is 7.08. The van der Waals surface area contributed by atoms with E-state index in [1.165, 1.54) is 0 Å². The molecule has 3 rings (SSSR count). The van der Waals surface area contributed by atoms with Crippen LogP contribution >= 0.6 is 11.3 Å². The standard InChI is InChI=1S/C17H20N2O3S/c1-21-11-16-10-19(6-7-22-16)17(20)18-15-4-2-3-13(9-15)14-5-8-23-12-14/h2-5,8-9,12,16H,6-7,10-11H2,1H3,(H,18,20)/t16-/m0/s1. The number of ether oxygens (including phenoxy) is 2. The summed E-state index contributed by atoms with van der Waals surface area (Å²) in [6.07, 6.45) is -0.0587. The largest absolute Gasteiger partial charge is 0.382 e. The molecule has 0 unspecified atom stereocenters. The van der Waals surface area contributed by atoms with E-state index in [4.69, 9.17) is 9.47 Å². The number of benzene rings is 1. The fourth-order valence-electron chi connectivity index (χ4n) is 2.60. The molecular weight excluding hydrogens is 312 g/mol. The molecule has 0 radical (unpaired) electrons. The molecule has 1 aliphatic heterocycles. The number of anilines is 1. The minimum absolute atomic E-state index is 0.0587. The topological polar surface area (TPSA) is 50.8 Å². The van der Waals surface area contributed by atoms with E-state index in [2.05, 4.69) is 16.8 Å². The third-order valence-electron chi connectivity index (χ3n) is 3.75. The quantitative estimate of drug-likeness (QED) is 0.935. The van der Waals surface area contributed by atoms with Crippen LogP contribution in [0.25, 0.3) is 11.1 Å². The molecule has 0 spiro atoms. The molecule has 0 saturated carbocycles. The zero-order chi connectivity index (χ0) is 16.1. The maximum absolute atomic E-state index is 12.4. The summed E-state index contributed by atoms with van der Waals surface area (Å²) in [5.74, 6) is 0. The lowest BCUT2D eigenvalue weighted by molar-refractivity contribution is -0.0481. The number of methoxy groups -OCH3 is 1. The monoisotopic (exact) mass is 332 g/mol. The highest BCUT2D eigenvalue weighted by atomic mass is 32.1. The molecule has 2 aromatic rings. The number of nitrogens with one attached hydrogen (secondary N) is 1. The molecule has 1 aromatic heterocycles. The van der Waals surface area contributed by atoms with Gasteiger partial charge in [0, 0.05) is 19.3 Å². The Morgan fingerprint density at radius 1 is 1.43 bits per heavy atom. The smallest absolute Gasteiger partial charge is 0.322 e. The van der Waals surface area contributed by atoms with Crippen LogP contribution in [-0.4, -0.2) is 50.4 Å². The van der Waals surface area contributed by atoms with Gasteiger partial charge in [-0.3, -0.25) is 0 Å². The molecule has 23 heavy (non-hydrogen) atoms. The highest BCUT2D eigenvalue weighted by Gasteiger charge is 2.24. The van der Waals surface area contributed by atoms with Gasteiger partial charge in [0.25, 0.3) is 0 Å². The summed E-state index contributed by atoms with van der Waals surface area (Å²) in [7, 11) is 1.64. The van der Waals surface area contributed by atoms with Gasteiger partial charge in [-0.1, -0.05) is 12.1 Å². The van der Waals surface area contributed by atoms with Crippen molar-refractivity contribution in [3.05, 3.63) is 41.1 Å². The van der Waals surface area contributed by atoms with Gasteiger partial charge >= 0.3 is 6.03 Å². The summed E-state index contributed by atoms with van der Waals surface area (Å²) < 4.78 is 10.7. The van der Waals surface area contributed by atoms with E-state index < -0.39 is 0 Å². The van der Waals surface area contributed by atoms with Crippen molar-refractivity contribution < 1.29 is 14.3 Å². The van der Waals surface area contributed by atoms with E-state index >= 15 is 0 Å². The second kappa shape index (κ2) is 7.59. The predicted molar refractivity (Wildman–Crippen MR) is 92.0 cm³/mol. The fourth-order valence-corrected chi connectivity index (χ4v) is 3.26. The first-order chi connectivity index (χ1) is 11.3. The number of thiophene rings is 1. The van der Waals surface area contributed by atoms with Gasteiger partial charge in [-0.2, -0.15) is 11.3 Å². The van der Waals surface area contributed by atoms with E-state index in [1.54, 1.807) is 23.3 Å². The number of morpholine rings is 1. The Hall–Kier alpha value is -1.89. The first-order valence-corrected chi connectivity index (χ1v) is 8.49. The lowest BCUT2D eigenvalue weighted by atomic mass is 10.1. The lowest BCUT2D eigenvalue weighted by Crippen LogP contribution is -2.48. The number of hydrogen-bond donors (Lipinski definition) is 1. The van der Waals surface area contributed by atoms with Gasteiger partial charge in [0.15, 0.2) is 0 Å². The van der Waals surface area contributed by atoms with Gasteiger partial charge < -0.3 is 19.7 Å². The van der Waals surface area contributed by atoms with Crippen molar-refractivity contribution in [3.63, 3.8) is 0 Å². The minimum atomic E-state index is -0.100. The van der Waals surface area contributed by atoms with E-state index in [9.17, 15) is 4.79 Å². The lowest BCUT2D eigenvalue weighted by Gasteiger charge is -2.32. The van der Waals surface area contributed by atoms with Crippen molar-refractivity contribution in [1.29, 1.82) is 0 Å². The van der Waals surface area contributed by atoms with Crippen LogP contribution < -0.4 is 5.32 Å². The SMILES string of the molecule is COC[C@@H]1CN(C(=O)Nc2cccc(-c3ccsc3)c2)CCO1. The molecule has 1 aliphatic rings. The van der Waals surface area contributed by atoms with Crippen LogP contribution in [0.3, 0.4) is 0 Å². The Kier molecular flexibility index (Phi) is 5.27. The van der Waals surface area contributed by atoms with Crippen LogP contribution in [-0.2, 0) is 9.47 Å². The summed E-state index contributed by atoms with van der Waals surface area (Å²) in [4.78, 5) is 14.2. The number of nitrogens with zero attached hydrogens (tertiary/aromatic N) is 1. The molecule has 6 heteroatoms. The normalized spacial score (nSPS) is 18.0. The average Bonchev–Trinajstić information content (AvgIpc) is 3.10. The first-order valence-electron chi connectivity index (χ1n) is 7.55. The zero-order valence-corrected chi connectivity index (χ0v) is 13.8. The fraction of sp³-hybridized carbons (Fsp3) is 0.353. The van der Waals surface area contributed by atoms with Gasteiger partial charge in [0.2, 0.25) is 0 Å². The summed E-state index contributed by atoms with van der Waals surface area (Å²) in [6.45, 7) is 2.17. The number of urea groups is 1. The van der Waals surface area contributed by atoms with Crippen LogP contribution in [0, 0.1) is 0 Å². The zero-order valence-electron chi connectivity index (χ0n) is 13.0. The van der Waals surface area contributed by atoms with E-state index in [-0.39, 0.29) is 12.1 Å². The van der Waals surface area contributed by atoms with Crippen LogP contribution in [0.15, 0.2) is 41.1 Å². The van der Waals surface area contributed by atoms with Gasteiger partial charge in [-0.05, 0) is 40.1 Å². The Morgan fingerprint density at radius 3 is 3.13 bits per heavy atom. The van der Waals surface area contributed by atoms with Gasteiger partial charge in [0.1, 0.15) is 0 Å². The van der Waals surface area contributed by atoms with Crippen LogP contribution in [0.5, 0.6) is 0 Å². The average molecular weight is 332 g/mol. The first kappa shape index (κ1) is 16.0. The van der Waals surface area contributed by atoms with Crippen molar-refractivity contribution in [2.24, 2.45) is 0 Å². The highest BCUT2D eigenvalue weighted by Crippen LogP contribution is 2.25. The molecule has 0 aliphatic carbocycles. The van der Waals surface area contributed by atoms with Gasteiger partial charge in [-0.15, -0.1) is 0 Å². The number of rotatable bonds is 4. The van der Waals surface area contributed by atoms with Crippen LogP contribution in [0.2, 0.25) is 0 Å². The molecule has 1 atom stereocenters. The van der Waals surface area contributed by atoms with Crippen molar-refractivity contribution >= 4 is 23.1 Å². The maximum atomic E-state index is 12.4. The third-order valence-corrected chi connectivity index (χ3v) is 4.43. The second-order valence-corrected chi connectivity index (χ2v) is 6.20. The number of carbonyl (C=O) groups is 1. The Morgan fingerprint density at radius 2 is 2.35 bits per heavy atom. The predicted octanol–water partition coefficient (Wildman–Crippen LogP) is 3.29.